The van der Waals surface area contributed by atoms with Crippen molar-refractivity contribution in [2.75, 3.05) is 13.2 Å². The average Bonchev–Trinajstić information content (AvgIpc) is 2.53. The lowest BCUT2D eigenvalue weighted by atomic mass is 10.2. The molecule has 1 aromatic heterocycles. The van der Waals surface area contributed by atoms with Crippen LogP contribution >= 0.6 is 0 Å². The normalized spacial score (nSPS) is 9.38. The number of ether oxygens (including phenoxy) is 1. The second-order valence-corrected chi connectivity index (χ2v) is 4.33. The number of carbonyl (C=O) groups is 1. The zero-order chi connectivity index (χ0) is 14.9. The van der Waals surface area contributed by atoms with Crippen LogP contribution in [-0.2, 0) is 0 Å². The van der Waals surface area contributed by atoms with Gasteiger partial charge in [-0.2, -0.15) is 0 Å². The van der Waals surface area contributed by atoms with Gasteiger partial charge < -0.3 is 10.1 Å². The molecule has 0 unspecified atom stereocenters. The molecule has 0 saturated heterocycles. The van der Waals surface area contributed by atoms with Gasteiger partial charge in [-0.05, 0) is 31.2 Å². The third kappa shape index (κ3) is 5.00. The highest BCUT2D eigenvalue weighted by molar-refractivity contribution is 5.94. The number of pyridine rings is 1. The minimum Gasteiger partial charge on any atom is -0.479 e. The quantitative estimate of drug-likeness (QED) is 0.874. The number of amides is 1. The van der Waals surface area contributed by atoms with Gasteiger partial charge in [-0.15, -0.1) is 0 Å². The molecule has 106 valence electrons. The smallest absolute Gasteiger partial charge is 0.252 e. The molecule has 0 bridgehead atoms. The van der Waals surface area contributed by atoms with Crippen molar-refractivity contribution in [1.29, 1.82) is 0 Å². The van der Waals surface area contributed by atoms with Gasteiger partial charge in [0.2, 0.25) is 0 Å². The van der Waals surface area contributed by atoms with Gasteiger partial charge in [0, 0.05) is 11.3 Å². The zero-order valence-corrected chi connectivity index (χ0v) is 11.8. The molecular formula is C17H16N2O2. The Labute approximate surface area is 124 Å². The van der Waals surface area contributed by atoms with E-state index in [9.17, 15) is 4.79 Å². The largest absolute Gasteiger partial charge is 0.479 e. The van der Waals surface area contributed by atoms with Crippen LogP contribution in [0.15, 0.2) is 48.7 Å². The van der Waals surface area contributed by atoms with Gasteiger partial charge in [0.15, 0.2) is 0 Å². The molecule has 4 nitrogen and oxygen atoms in total. The van der Waals surface area contributed by atoms with Gasteiger partial charge in [0.05, 0.1) is 12.7 Å². The Kier molecular flexibility index (Phi) is 5.36. The fourth-order valence-electron chi connectivity index (χ4n) is 1.59. The SMILES string of the molecule is Cc1ccc(OCC#CCNC(=O)c2ccccc2)cn1. The lowest BCUT2D eigenvalue weighted by Gasteiger charge is -2.01. The van der Waals surface area contributed by atoms with Crippen molar-refractivity contribution >= 4 is 5.91 Å². The van der Waals surface area contributed by atoms with Gasteiger partial charge in [-0.25, -0.2) is 0 Å². The van der Waals surface area contributed by atoms with E-state index in [-0.39, 0.29) is 12.5 Å². The number of benzene rings is 1. The van der Waals surface area contributed by atoms with Crippen LogP contribution in [0.5, 0.6) is 5.75 Å². The summed E-state index contributed by atoms with van der Waals surface area (Å²) in [5.41, 5.74) is 1.57. The average molecular weight is 280 g/mol. The molecule has 0 radical (unpaired) electrons. The third-order valence-electron chi connectivity index (χ3n) is 2.69. The Morgan fingerprint density at radius 2 is 2.00 bits per heavy atom. The summed E-state index contributed by atoms with van der Waals surface area (Å²) >= 11 is 0. The molecule has 0 aliphatic carbocycles. The molecule has 2 aromatic rings. The second kappa shape index (κ2) is 7.71. The summed E-state index contributed by atoms with van der Waals surface area (Å²) in [6.45, 7) is 2.48. The van der Waals surface area contributed by atoms with E-state index in [4.69, 9.17) is 4.74 Å². The summed E-state index contributed by atoms with van der Waals surface area (Å²) in [5, 5.41) is 2.72. The van der Waals surface area contributed by atoms with Gasteiger partial charge in [-0.1, -0.05) is 30.0 Å². The topological polar surface area (TPSA) is 51.2 Å². The Hall–Kier alpha value is -2.80. The molecule has 0 fully saturated rings. The number of nitrogens with one attached hydrogen (secondary N) is 1. The molecule has 21 heavy (non-hydrogen) atoms. The first-order valence-electron chi connectivity index (χ1n) is 6.60. The highest BCUT2D eigenvalue weighted by Gasteiger charge is 2.01. The maximum atomic E-state index is 11.7. The van der Waals surface area contributed by atoms with Crippen LogP contribution in [0.25, 0.3) is 0 Å². The monoisotopic (exact) mass is 280 g/mol. The number of rotatable bonds is 4. The van der Waals surface area contributed by atoms with Crippen molar-refractivity contribution in [2.45, 2.75) is 6.92 Å². The minimum atomic E-state index is -0.131. The first-order valence-corrected chi connectivity index (χ1v) is 6.60. The molecule has 0 aliphatic rings. The van der Waals surface area contributed by atoms with Crippen molar-refractivity contribution in [2.24, 2.45) is 0 Å². The maximum absolute atomic E-state index is 11.7. The van der Waals surface area contributed by atoms with E-state index in [1.807, 2.05) is 37.3 Å². The predicted octanol–water partition coefficient (Wildman–Crippen LogP) is 2.20. The summed E-state index contributed by atoms with van der Waals surface area (Å²) in [6, 6.07) is 12.8. The summed E-state index contributed by atoms with van der Waals surface area (Å²) in [4.78, 5) is 15.8. The molecule has 1 amide bonds. The van der Waals surface area contributed by atoms with Crippen molar-refractivity contribution in [3.63, 3.8) is 0 Å². The molecule has 1 N–H and O–H groups in total. The summed E-state index contributed by atoms with van der Waals surface area (Å²) in [5.74, 6) is 6.23. The number of aryl methyl sites for hydroxylation is 1. The molecule has 2 rings (SSSR count). The Balaban J connectivity index is 1.70. The van der Waals surface area contributed by atoms with Crippen LogP contribution in [0.1, 0.15) is 16.1 Å². The van der Waals surface area contributed by atoms with Gasteiger partial charge in [-0.3, -0.25) is 9.78 Å². The summed E-state index contributed by atoms with van der Waals surface area (Å²) in [6.07, 6.45) is 1.66. The van der Waals surface area contributed by atoms with E-state index >= 15 is 0 Å². The third-order valence-corrected chi connectivity index (χ3v) is 2.69. The van der Waals surface area contributed by atoms with Crippen LogP contribution < -0.4 is 10.1 Å². The lowest BCUT2D eigenvalue weighted by Crippen LogP contribution is -2.23. The zero-order valence-electron chi connectivity index (χ0n) is 11.8. The number of aromatic nitrogens is 1. The van der Waals surface area contributed by atoms with Crippen molar-refractivity contribution < 1.29 is 9.53 Å². The fraction of sp³-hybridized carbons (Fsp3) is 0.176. The lowest BCUT2D eigenvalue weighted by molar-refractivity contribution is 0.0958. The fourth-order valence-corrected chi connectivity index (χ4v) is 1.59. The summed E-state index contributed by atoms with van der Waals surface area (Å²) in [7, 11) is 0. The van der Waals surface area contributed by atoms with Crippen molar-refractivity contribution in [3.8, 4) is 17.6 Å². The van der Waals surface area contributed by atoms with Gasteiger partial charge in [0.1, 0.15) is 12.4 Å². The van der Waals surface area contributed by atoms with E-state index in [1.165, 1.54) is 0 Å². The van der Waals surface area contributed by atoms with Crippen molar-refractivity contribution in [1.82, 2.24) is 10.3 Å². The predicted molar refractivity (Wildman–Crippen MR) is 81.0 cm³/mol. The van der Waals surface area contributed by atoms with E-state index in [0.717, 1.165) is 5.69 Å². The molecule has 4 heteroatoms. The van der Waals surface area contributed by atoms with Crippen LogP contribution in [0.4, 0.5) is 0 Å². The van der Waals surface area contributed by atoms with E-state index in [1.54, 1.807) is 18.3 Å². The summed E-state index contributed by atoms with van der Waals surface area (Å²) < 4.78 is 5.40. The first-order chi connectivity index (χ1) is 10.3. The van der Waals surface area contributed by atoms with Gasteiger partial charge in [0.25, 0.3) is 5.91 Å². The molecule has 0 aliphatic heterocycles. The number of hydrogen-bond donors (Lipinski definition) is 1. The van der Waals surface area contributed by atoms with E-state index < -0.39 is 0 Å². The van der Waals surface area contributed by atoms with Crippen LogP contribution in [0.2, 0.25) is 0 Å². The highest BCUT2D eigenvalue weighted by Crippen LogP contribution is 2.07. The standard InChI is InChI=1S/C17H16N2O2/c1-14-9-10-16(13-19-14)21-12-6-5-11-18-17(20)15-7-3-2-4-8-15/h2-4,7-10,13H,11-12H2,1H3,(H,18,20). The minimum absolute atomic E-state index is 0.131. The number of nitrogens with zero attached hydrogens (tertiary/aromatic N) is 1. The molecule has 0 spiro atoms. The molecule has 0 saturated carbocycles. The molecule has 1 aromatic carbocycles. The Morgan fingerprint density at radius 1 is 1.19 bits per heavy atom. The van der Waals surface area contributed by atoms with E-state index in [2.05, 4.69) is 22.1 Å². The molecule has 0 atom stereocenters. The number of hydrogen-bond acceptors (Lipinski definition) is 3. The Bertz CT molecular complexity index is 640. The highest BCUT2D eigenvalue weighted by atomic mass is 16.5. The van der Waals surface area contributed by atoms with Crippen LogP contribution in [0, 0.1) is 18.8 Å². The van der Waals surface area contributed by atoms with Crippen LogP contribution in [-0.4, -0.2) is 24.0 Å². The van der Waals surface area contributed by atoms with Crippen LogP contribution in [0.3, 0.4) is 0 Å². The number of carbonyl (C=O) groups excluding carboxylic acids is 1. The Morgan fingerprint density at radius 3 is 2.71 bits per heavy atom. The maximum Gasteiger partial charge on any atom is 0.252 e. The second-order valence-electron chi connectivity index (χ2n) is 4.33. The molecular weight excluding hydrogens is 264 g/mol. The van der Waals surface area contributed by atoms with Crippen molar-refractivity contribution in [3.05, 3.63) is 59.9 Å². The molecule has 1 heterocycles. The van der Waals surface area contributed by atoms with E-state index in [0.29, 0.717) is 17.9 Å². The van der Waals surface area contributed by atoms with Gasteiger partial charge >= 0.3 is 0 Å². The first kappa shape index (κ1) is 14.6.